The Morgan fingerprint density at radius 2 is 2.22 bits per heavy atom. The van der Waals surface area contributed by atoms with Gasteiger partial charge in [-0.05, 0) is 25.2 Å². The predicted octanol–water partition coefficient (Wildman–Crippen LogP) is 2.73. The van der Waals surface area contributed by atoms with Crippen molar-refractivity contribution in [2.45, 2.75) is 52.9 Å². The van der Waals surface area contributed by atoms with Crippen molar-refractivity contribution in [3.8, 4) is 0 Å². The largest absolute Gasteiger partial charge is 0.393 e. The SMILES string of the molecule is CCCC1CC(=O)N(CCCC(C)(C)C(N)=S)C1. The number of thiocarbonyl (C=S) groups is 1. The molecule has 1 rings (SSSR count). The number of amides is 1. The minimum absolute atomic E-state index is 0.0963. The van der Waals surface area contributed by atoms with E-state index < -0.39 is 0 Å². The Hall–Kier alpha value is -0.640. The van der Waals surface area contributed by atoms with E-state index in [1.54, 1.807) is 0 Å². The van der Waals surface area contributed by atoms with Gasteiger partial charge in [-0.2, -0.15) is 0 Å². The molecular weight excluding hydrogens is 244 g/mol. The molecule has 1 saturated heterocycles. The van der Waals surface area contributed by atoms with Gasteiger partial charge in [-0.3, -0.25) is 4.79 Å². The van der Waals surface area contributed by atoms with Gasteiger partial charge in [0, 0.05) is 24.9 Å². The monoisotopic (exact) mass is 270 g/mol. The van der Waals surface area contributed by atoms with Gasteiger partial charge in [0.05, 0.1) is 4.99 Å². The molecule has 0 radical (unpaired) electrons. The third-order valence-corrected chi connectivity index (χ3v) is 4.44. The molecule has 1 atom stereocenters. The summed E-state index contributed by atoms with van der Waals surface area (Å²) in [6, 6.07) is 0. The average molecular weight is 270 g/mol. The highest BCUT2D eigenvalue weighted by Crippen LogP contribution is 2.25. The van der Waals surface area contributed by atoms with E-state index in [0.717, 1.165) is 32.4 Å². The maximum atomic E-state index is 11.8. The van der Waals surface area contributed by atoms with Crippen LogP contribution < -0.4 is 5.73 Å². The van der Waals surface area contributed by atoms with Crippen LogP contribution >= 0.6 is 12.2 Å². The number of hydrogen-bond donors (Lipinski definition) is 1. The van der Waals surface area contributed by atoms with Gasteiger partial charge in [0.25, 0.3) is 0 Å². The first-order valence-electron chi connectivity index (χ1n) is 6.94. The zero-order valence-electron chi connectivity index (χ0n) is 11.9. The van der Waals surface area contributed by atoms with E-state index in [4.69, 9.17) is 18.0 Å². The number of hydrogen-bond acceptors (Lipinski definition) is 2. The summed E-state index contributed by atoms with van der Waals surface area (Å²) in [5.41, 5.74) is 5.61. The standard InChI is InChI=1S/C14H26N2OS/c1-4-6-11-9-12(17)16(10-11)8-5-7-14(2,3)13(15)18/h11H,4-10H2,1-3H3,(H2,15,18). The highest BCUT2D eigenvalue weighted by molar-refractivity contribution is 7.80. The van der Waals surface area contributed by atoms with Crippen LogP contribution in [0, 0.1) is 11.3 Å². The lowest BCUT2D eigenvalue weighted by atomic mass is 9.88. The fourth-order valence-corrected chi connectivity index (χ4v) is 2.61. The molecule has 0 bridgehead atoms. The van der Waals surface area contributed by atoms with Crippen LogP contribution in [0.1, 0.15) is 52.9 Å². The van der Waals surface area contributed by atoms with E-state index in [1.165, 1.54) is 12.8 Å². The van der Waals surface area contributed by atoms with Gasteiger partial charge in [0.2, 0.25) is 5.91 Å². The summed E-state index contributed by atoms with van der Waals surface area (Å²) < 4.78 is 0. The molecule has 1 amide bonds. The van der Waals surface area contributed by atoms with E-state index >= 15 is 0 Å². The quantitative estimate of drug-likeness (QED) is 0.724. The lowest BCUT2D eigenvalue weighted by Gasteiger charge is -2.24. The van der Waals surface area contributed by atoms with Crippen LogP contribution in [0.5, 0.6) is 0 Å². The van der Waals surface area contributed by atoms with Crippen molar-refractivity contribution in [2.75, 3.05) is 13.1 Å². The van der Waals surface area contributed by atoms with Gasteiger partial charge >= 0.3 is 0 Å². The highest BCUT2D eigenvalue weighted by atomic mass is 32.1. The second-order valence-electron chi connectivity index (χ2n) is 6.05. The number of rotatable bonds is 7. The fraction of sp³-hybridized carbons (Fsp3) is 0.857. The molecule has 1 unspecified atom stereocenters. The first-order valence-corrected chi connectivity index (χ1v) is 7.35. The van der Waals surface area contributed by atoms with E-state index in [9.17, 15) is 4.79 Å². The van der Waals surface area contributed by atoms with E-state index in [1.807, 2.05) is 4.90 Å². The van der Waals surface area contributed by atoms with Crippen molar-refractivity contribution in [1.82, 2.24) is 4.90 Å². The van der Waals surface area contributed by atoms with Crippen LogP contribution in [0.4, 0.5) is 0 Å². The molecule has 0 aromatic rings. The van der Waals surface area contributed by atoms with Crippen LogP contribution in [0.3, 0.4) is 0 Å². The average Bonchev–Trinajstić information content (AvgIpc) is 2.59. The summed E-state index contributed by atoms with van der Waals surface area (Å²) in [6.07, 6.45) is 5.01. The lowest BCUT2D eigenvalue weighted by molar-refractivity contribution is -0.127. The lowest BCUT2D eigenvalue weighted by Crippen LogP contribution is -2.32. The predicted molar refractivity (Wildman–Crippen MR) is 79.4 cm³/mol. The zero-order chi connectivity index (χ0) is 13.8. The molecule has 104 valence electrons. The normalized spacial score (nSPS) is 20.5. The second kappa shape index (κ2) is 6.50. The third-order valence-electron chi connectivity index (χ3n) is 3.89. The molecule has 2 N–H and O–H groups in total. The van der Waals surface area contributed by atoms with Crippen molar-refractivity contribution in [3.05, 3.63) is 0 Å². The Morgan fingerprint density at radius 3 is 2.78 bits per heavy atom. The second-order valence-corrected chi connectivity index (χ2v) is 6.49. The Bertz CT molecular complexity index is 315. The molecule has 3 nitrogen and oxygen atoms in total. The fourth-order valence-electron chi connectivity index (χ4n) is 2.51. The summed E-state index contributed by atoms with van der Waals surface area (Å²) in [7, 11) is 0. The van der Waals surface area contributed by atoms with E-state index in [0.29, 0.717) is 16.8 Å². The molecular formula is C14H26N2OS. The summed E-state index contributed by atoms with van der Waals surface area (Å²) in [4.78, 5) is 14.4. The summed E-state index contributed by atoms with van der Waals surface area (Å²) in [6.45, 7) is 8.12. The third kappa shape index (κ3) is 4.23. The Labute approximate surface area is 116 Å². The maximum Gasteiger partial charge on any atom is 0.222 e. The van der Waals surface area contributed by atoms with Crippen molar-refractivity contribution < 1.29 is 4.79 Å². The number of carbonyl (C=O) groups is 1. The van der Waals surface area contributed by atoms with Gasteiger partial charge in [0.15, 0.2) is 0 Å². The number of nitrogens with zero attached hydrogens (tertiary/aromatic N) is 1. The molecule has 0 aliphatic carbocycles. The topological polar surface area (TPSA) is 46.3 Å². The first kappa shape index (κ1) is 15.4. The Morgan fingerprint density at radius 1 is 1.56 bits per heavy atom. The molecule has 0 aromatic heterocycles. The van der Waals surface area contributed by atoms with Crippen LogP contribution in [-0.2, 0) is 4.79 Å². The maximum absolute atomic E-state index is 11.8. The summed E-state index contributed by atoms with van der Waals surface area (Å²) in [5.74, 6) is 0.896. The minimum Gasteiger partial charge on any atom is -0.393 e. The molecule has 1 aliphatic heterocycles. The van der Waals surface area contributed by atoms with Crippen LogP contribution in [0.2, 0.25) is 0 Å². The minimum atomic E-state index is -0.0963. The Kier molecular flexibility index (Phi) is 5.57. The van der Waals surface area contributed by atoms with Crippen molar-refractivity contribution in [1.29, 1.82) is 0 Å². The van der Waals surface area contributed by atoms with Crippen molar-refractivity contribution >= 4 is 23.1 Å². The molecule has 1 aliphatic rings. The number of likely N-dealkylation sites (tertiary alicyclic amines) is 1. The number of nitrogens with two attached hydrogens (primary N) is 1. The van der Waals surface area contributed by atoms with Crippen molar-refractivity contribution in [3.63, 3.8) is 0 Å². The van der Waals surface area contributed by atoms with E-state index in [-0.39, 0.29) is 5.41 Å². The van der Waals surface area contributed by atoms with Gasteiger partial charge in [0.1, 0.15) is 0 Å². The van der Waals surface area contributed by atoms with Crippen LogP contribution in [0.25, 0.3) is 0 Å². The zero-order valence-corrected chi connectivity index (χ0v) is 12.7. The molecule has 1 fully saturated rings. The molecule has 1 heterocycles. The Balaban J connectivity index is 2.32. The van der Waals surface area contributed by atoms with Crippen LogP contribution in [-0.4, -0.2) is 28.9 Å². The summed E-state index contributed by atoms with van der Waals surface area (Å²) in [5, 5.41) is 0. The van der Waals surface area contributed by atoms with Gasteiger partial charge in [-0.25, -0.2) is 0 Å². The van der Waals surface area contributed by atoms with Crippen LogP contribution in [0.15, 0.2) is 0 Å². The smallest absolute Gasteiger partial charge is 0.222 e. The summed E-state index contributed by atoms with van der Waals surface area (Å²) >= 11 is 5.05. The van der Waals surface area contributed by atoms with Gasteiger partial charge < -0.3 is 10.6 Å². The molecule has 4 heteroatoms. The highest BCUT2D eigenvalue weighted by Gasteiger charge is 2.29. The number of carbonyl (C=O) groups excluding carboxylic acids is 1. The molecule has 18 heavy (non-hydrogen) atoms. The van der Waals surface area contributed by atoms with Crippen molar-refractivity contribution in [2.24, 2.45) is 17.1 Å². The first-order chi connectivity index (χ1) is 8.36. The van der Waals surface area contributed by atoms with Gasteiger partial charge in [-0.15, -0.1) is 0 Å². The van der Waals surface area contributed by atoms with Gasteiger partial charge in [-0.1, -0.05) is 39.4 Å². The molecule has 0 saturated carbocycles. The molecule has 0 aromatic carbocycles. The van der Waals surface area contributed by atoms with E-state index in [2.05, 4.69) is 20.8 Å². The molecule has 0 spiro atoms.